The Balaban J connectivity index is 2.28. The van der Waals surface area contributed by atoms with Crippen molar-refractivity contribution in [1.29, 1.82) is 0 Å². The lowest BCUT2D eigenvalue weighted by molar-refractivity contribution is -0.0536. The smallest absolute Gasteiger partial charge is 0.339 e. The first-order chi connectivity index (χ1) is 8.61. The fourth-order valence-corrected chi connectivity index (χ4v) is 1.50. The predicted molar refractivity (Wildman–Crippen MR) is 69.8 cm³/mol. The first-order valence-corrected chi connectivity index (χ1v) is 5.91. The number of hydrogen-bond acceptors (Lipinski definition) is 2. The zero-order valence-electron chi connectivity index (χ0n) is 10.5. The molecule has 0 fully saturated rings. The van der Waals surface area contributed by atoms with Crippen molar-refractivity contribution >= 4 is 6.03 Å². The van der Waals surface area contributed by atoms with Gasteiger partial charge in [0.05, 0.1) is 0 Å². The van der Waals surface area contributed by atoms with E-state index in [1.807, 2.05) is 18.2 Å². The zero-order valence-corrected chi connectivity index (χ0v) is 10.5. The van der Waals surface area contributed by atoms with Crippen molar-refractivity contribution < 1.29 is 10.0 Å². The molecule has 0 radical (unpaired) electrons. The summed E-state index contributed by atoms with van der Waals surface area (Å²) in [5.74, 6) is 5.71. The molecule has 0 spiro atoms. The highest BCUT2D eigenvalue weighted by Gasteiger charge is 2.11. The third kappa shape index (κ3) is 4.89. The molecule has 0 aliphatic carbocycles. The second-order valence-electron chi connectivity index (χ2n) is 4.02. The second kappa shape index (κ2) is 7.36. The van der Waals surface area contributed by atoms with Gasteiger partial charge in [0.25, 0.3) is 0 Å². The van der Waals surface area contributed by atoms with Crippen molar-refractivity contribution in [2.24, 2.45) is 5.73 Å². The highest BCUT2D eigenvalue weighted by Crippen LogP contribution is 2.03. The van der Waals surface area contributed by atoms with Gasteiger partial charge in [-0.3, -0.25) is 5.21 Å². The predicted octanol–water partition coefficient (Wildman–Crippen LogP) is 2.17. The number of aryl methyl sites for hydroxylation is 1. The average Bonchev–Trinajstić information content (AvgIpc) is 2.38. The summed E-state index contributed by atoms with van der Waals surface area (Å²) in [7, 11) is 0. The Hall–Kier alpha value is -1.99. The lowest BCUT2D eigenvalue weighted by Crippen LogP contribution is -2.38. The molecule has 0 aliphatic heterocycles. The van der Waals surface area contributed by atoms with Crippen molar-refractivity contribution in [3.63, 3.8) is 0 Å². The molecule has 96 valence electrons. The topological polar surface area (TPSA) is 66.6 Å². The number of nitrogens with zero attached hydrogens (tertiary/aromatic N) is 1. The molecule has 1 rings (SSSR count). The van der Waals surface area contributed by atoms with E-state index in [9.17, 15) is 10.0 Å². The van der Waals surface area contributed by atoms with Crippen LogP contribution in [0.4, 0.5) is 4.79 Å². The molecule has 1 unspecified atom stereocenters. The van der Waals surface area contributed by atoms with Gasteiger partial charge in [0.1, 0.15) is 6.04 Å². The molecule has 4 heteroatoms. The first kappa shape index (κ1) is 14.1. The van der Waals surface area contributed by atoms with Crippen molar-refractivity contribution in [3.05, 3.63) is 35.9 Å². The number of urea groups is 1. The van der Waals surface area contributed by atoms with E-state index in [4.69, 9.17) is 5.73 Å². The Morgan fingerprint density at radius 3 is 2.72 bits per heavy atom. The van der Waals surface area contributed by atoms with Gasteiger partial charge in [-0.1, -0.05) is 36.3 Å². The molecule has 0 saturated carbocycles. The Morgan fingerprint density at radius 1 is 1.44 bits per heavy atom. The van der Waals surface area contributed by atoms with Gasteiger partial charge in [0, 0.05) is 6.42 Å². The average molecular weight is 246 g/mol. The number of hydrogen-bond donors (Lipinski definition) is 2. The van der Waals surface area contributed by atoms with E-state index < -0.39 is 12.1 Å². The largest absolute Gasteiger partial charge is 0.350 e. The number of primary amides is 1. The van der Waals surface area contributed by atoms with E-state index in [1.165, 1.54) is 5.56 Å². The van der Waals surface area contributed by atoms with E-state index in [0.29, 0.717) is 5.06 Å². The third-order valence-corrected chi connectivity index (χ3v) is 2.51. The molecule has 0 aliphatic rings. The summed E-state index contributed by atoms with van der Waals surface area (Å²) < 4.78 is 0. The van der Waals surface area contributed by atoms with Crippen molar-refractivity contribution in [2.75, 3.05) is 0 Å². The molecule has 1 aromatic carbocycles. The molecular weight excluding hydrogens is 228 g/mol. The molecule has 18 heavy (non-hydrogen) atoms. The maximum atomic E-state index is 10.6. The summed E-state index contributed by atoms with van der Waals surface area (Å²) in [6, 6.07) is 8.72. The summed E-state index contributed by atoms with van der Waals surface area (Å²) in [6.07, 6.45) is 2.65. The molecule has 0 bridgehead atoms. The van der Waals surface area contributed by atoms with Crippen LogP contribution in [0.5, 0.6) is 0 Å². The molecule has 1 aromatic rings. The van der Waals surface area contributed by atoms with Crippen LogP contribution in [0, 0.1) is 11.8 Å². The van der Waals surface area contributed by atoms with Crippen LogP contribution >= 0.6 is 0 Å². The van der Waals surface area contributed by atoms with E-state index in [0.717, 1.165) is 19.3 Å². The number of unbranched alkanes of at least 4 members (excludes halogenated alkanes) is 1. The molecule has 0 heterocycles. The van der Waals surface area contributed by atoms with Gasteiger partial charge in [-0.25, -0.2) is 4.79 Å². The SMILES string of the molecule is CC(C#CCCCc1ccccc1)N(O)C(N)=O. The molecule has 0 saturated heterocycles. The Bertz CT molecular complexity index is 434. The van der Waals surface area contributed by atoms with Crippen LogP contribution in [0.3, 0.4) is 0 Å². The lowest BCUT2D eigenvalue weighted by Gasteiger charge is -2.14. The first-order valence-electron chi connectivity index (χ1n) is 5.91. The van der Waals surface area contributed by atoms with Crippen molar-refractivity contribution in [1.82, 2.24) is 5.06 Å². The maximum Gasteiger partial charge on any atom is 0.339 e. The number of benzene rings is 1. The minimum absolute atomic E-state index is 0.435. The number of carbonyl (C=O) groups is 1. The van der Waals surface area contributed by atoms with Crippen LogP contribution in [0.25, 0.3) is 0 Å². The van der Waals surface area contributed by atoms with Crippen LogP contribution in [-0.4, -0.2) is 22.3 Å². The van der Waals surface area contributed by atoms with Gasteiger partial charge in [-0.15, -0.1) is 5.92 Å². The van der Waals surface area contributed by atoms with E-state index >= 15 is 0 Å². The fourth-order valence-electron chi connectivity index (χ4n) is 1.50. The summed E-state index contributed by atoms with van der Waals surface area (Å²) in [6.45, 7) is 1.62. The standard InChI is InChI=1S/C14H18N2O2/c1-12(16(18)14(15)17)8-4-2-5-9-13-10-6-3-7-11-13/h3,6-7,10-12,18H,2,5,9H2,1H3,(H2,15,17). The summed E-state index contributed by atoms with van der Waals surface area (Å²) >= 11 is 0. The molecule has 2 amide bonds. The number of amides is 2. The number of carbonyl (C=O) groups excluding carboxylic acids is 1. The van der Waals surface area contributed by atoms with Crippen LogP contribution in [0.2, 0.25) is 0 Å². The number of nitrogens with two attached hydrogens (primary N) is 1. The summed E-state index contributed by atoms with van der Waals surface area (Å²) in [4.78, 5) is 10.6. The van der Waals surface area contributed by atoms with Crippen LogP contribution in [-0.2, 0) is 6.42 Å². The summed E-state index contributed by atoms with van der Waals surface area (Å²) in [5.41, 5.74) is 6.20. The number of hydroxylamine groups is 2. The van der Waals surface area contributed by atoms with Crippen LogP contribution in [0.1, 0.15) is 25.3 Å². The van der Waals surface area contributed by atoms with Crippen molar-refractivity contribution in [3.8, 4) is 11.8 Å². The van der Waals surface area contributed by atoms with Gasteiger partial charge in [0.15, 0.2) is 0 Å². The second-order valence-corrected chi connectivity index (χ2v) is 4.02. The minimum Gasteiger partial charge on any atom is -0.350 e. The van der Waals surface area contributed by atoms with Gasteiger partial charge in [-0.05, 0) is 25.3 Å². The minimum atomic E-state index is -0.888. The normalized spacial score (nSPS) is 11.2. The van der Waals surface area contributed by atoms with Gasteiger partial charge < -0.3 is 5.73 Å². The maximum absolute atomic E-state index is 10.6. The van der Waals surface area contributed by atoms with Gasteiger partial charge in [0.2, 0.25) is 0 Å². The lowest BCUT2D eigenvalue weighted by atomic mass is 10.1. The van der Waals surface area contributed by atoms with E-state index in [2.05, 4.69) is 24.0 Å². The van der Waals surface area contributed by atoms with E-state index in [1.54, 1.807) is 6.92 Å². The Morgan fingerprint density at radius 2 is 2.11 bits per heavy atom. The number of rotatable bonds is 4. The molecule has 4 nitrogen and oxygen atoms in total. The quantitative estimate of drug-likeness (QED) is 0.370. The van der Waals surface area contributed by atoms with Gasteiger partial charge in [-0.2, -0.15) is 5.06 Å². The Kier molecular flexibility index (Phi) is 5.75. The zero-order chi connectivity index (χ0) is 13.4. The highest BCUT2D eigenvalue weighted by molar-refractivity contribution is 5.71. The van der Waals surface area contributed by atoms with Crippen LogP contribution < -0.4 is 5.73 Å². The third-order valence-electron chi connectivity index (χ3n) is 2.51. The van der Waals surface area contributed by atoms with Gasteiger partial charge >= 0.3 is 6.03 Å². The molecule has 3 N–H and O–H groups in total. The Labute approximate surface area is 107 Å². The highest BCUT2D eigenvalue weighted by atomic mass is 16.5. The fraction of sp³-hybridized carbons (Fsp3) is 0.357. The van der Waals surface area contributed by atoms with Crippen LogP contribution in [0.15, 0.2) is 30.3 Å². The molecular formula is C14H18N2O2. The van der Waals surface area contributed by atoms with Crippen molar-refractivity contribution in [2.45, 2.75) is 32.2 Å². The molecule has 0 aromatic heterocycles. The monoisotopic (exact) mass is 246 g/mol. The molecule has 1 atom stereocenters. The summed E-state index contributed by atoms with van der Waals surface area (Å²) in [5, 5.41) is 9.62. The van der Waals surface area contributed by atoms with E-state index in [-0.39, 0.29) is 0 Å².